The predicted octanol–water partition coefficient (Wildman–Crippen LogP) is 4.13. The lowest BCUT2D eigenvalue weighted by atomic mass is 10.2. The van der Waals surface area contributed by atoms with E-state index in [1.807, 2.05) is 0 Å². The van der Waals surface area contributed by atoms with E-state index in [1.54, 1.807) is 31.4 Å². The zero-order valence-corrected chi connectivity index (χ0v) is 14.8. The van der Waals surface area contributed by atoms with Crippen molar-refractivity contribution in [3.8, 4) is 23.0 Å². The van der Waals surface area contributed by atoms with Gasteiger partial charge in [-0.15, -0.1) is 11.6 Å². The molecule has 0 bridgehead atoms. The lowest BCUT2D eigenvalue weighted by Gasteiger charge is -2.08. The van der Waals surface area contributed by atoms with Crippen molar-refractivity contribution in [2.45, 2.75) is 12.3 Å². The first-order valence-corrected chi connectivity index (χ1v) is 8.15. The summed E-state index contributed by atoms with van der Waals surface area (Å²) in [6.07, 6.45) is 1.21. The highest BCUT2D eigenvalue weighted by molar-refractivity contribution is 6.29. The van der Waals surface area contributed by atoms with Gasteiger partial charge in [0.25, 0.3) is 0 Å². The minimum atomic E-state index is -0.780. The lowest BCUT2D eigenvalue weighted by molar-refractivity contribution is -0.133. The van der Waals surface area contributed by atoms with Gasteiger partial charge in [-0.05, 0) is 43.3 Å². The molecule has 134 valence electrons. The van der Waals surface area contributed by atoms with Gasteiger partial charge in [0.2, 0.25) is 11.2 Å². The molecule has 0 saturated heterocycles. The highest BCUT2D eigenvalue weighted by Crippen LogP contribution is 2.25. The summed E-state index contributed by atoms with van der Waals surface area (Å²) in [5, 5.41) is -0.479. The minimum Gasteiger partial charge on any atom is -0.497 e. The Bertz CT molecular complexity index is 991. The van der Waals surface area contributed by atoms with Crippen LogP contribution in [0.25, 0.3) is 11.0 Å². The molecule has 1 atom stereocenters. The molecule has 6 nitrogen and oxygen atoms in total. The largest absolute Gasteiger partial charge is 0.497 e. The van der Waals surface area contributed by atoms with Gasteiger partial charge in [-0.1, -0.05) is 0 Å². The van der Waals surface area contributed by atoms with E-state index in [0.29, 0.717) is 16.9 Å². The summed E-state index contributed by atoms with van der Waals surface area (Å²) < 4.78 is 21.2. The monoisotopic (exact) mass is 374 g/mol. The SMILES string of the molecule is COc1ccc(Oc2coc3cc(OC(=O)C(C)Cl)ccc3c2=O)cc1. The van der Waals surface area contributed by atoms with E-state index >= 15 is 0 Å². The molecule has 0 aliphatic rings. The Morgan fingerprint density at radius 1 is 1.08 bits per heavy atom. The Balaban J connectivity index is 1.88. The first kappa shape index (κ1) is 17.8. The highest BCUT2D eigenvalue weighted by Gasteiger charge is 2.14. The maximum Gasteiger partial charge on any atom is 0.329 e. The van der Waals surface area contributed by atoms with Crippen molar-refractivity contribution in [1.82, 2.24) is 0 Å². The van der Waals surface area contributed by atoms with Crippen LogP contribution in [-0.2, 0) is 4.79 Å². The summed E-state index contributed by atoms with van der Waals surface area (Å²) in [6.45, 7) is 1.51. The van der Waals surface area contributed by atoms with E-state index in [9.17, 15) is 9.59 Å². The molecule has 3 aromatic rings. The van der Waals surface area contributed by atoms with Crippen molar-refractivity contribution in [1.29, 1.82) is 0 Å². The number of ether oxygens (including phenoxy) is 3. The molecule has 0 spiro atoms. The van der Waals surface area contributed by atoms with Gasteiger partial charge in [0, 0.05) is 6.07 Å². The first-order chi connectivity index (χ1) is 12.5. The minimum absolute atomic E-state index is 0.0433. The number of hydrogen-bond acceptors (Lipinski definition) is 6. The lowest BCUT2D eigenvalue weighted by Crippen LogP contribution is -2.17. The van der Waals surface area contributed by atoms with Crippen LogP contribution < -0.4 is 19.6 Å². The number of alkyl halides is 1. The predicted molar refractivity (Wildman–Crippen MR) is 96.5 cm³/mol. The third-order valence-corrected chi connectivity index (χ3v) is 3.72. The van der Waals surface area contributed by atoms with Crippen molar-refractivity contribution in [3.63, 3.8) is 0 Å². The van der Waals surface area contributed by atoms with Crippen molar-refractivity contribution < 1.29 is 23.4 Å². The molecule has 1 aromatic heterocycles. The maximum atomic E-state index is 12.6. The molecule has 7 heteroatoms. The molecule has 0 amide bonds. The van der Waals surface area contributed by atoms with E-state index in [2.05, 4.69) is 0 Å². The summed E-state index contributed by atoms with van der Waals surface area (Å²) in [6, 6.07) is 11.2. The van der Waals surface area contributed by atoms with Crippen LogP contribution in [0.4, 0.5) is 0 Å². The Kier molecular flexibility index (Phi) is 5.14. The number of carbonyl (C=O) groups excluding carboxylic acids is 1. The van der Waals surface area contributed by atoms with E-state index in [1.165, 1.54) is 31.4 Å². The molecular formula is C19H15ClO6. The van der Waals surface area contributed by atoms with Crippen LogP contribution in [0, 0.1) is 0 Å². The van der Waals surface area contributed by atoms with Crippen LogP contribution >= 0.6 is 11.6 Å². The number of fused-ring (bicyclic) bond motifs is 1. The molecule has 26 heavy (non-hydrogen) atoms. The van der Waals surface area contributed by atoms with Crippen LogP contribution in [0.2, 0.25) is 0 Å². The summed E-state index contributed by atoms with van der Waals surface area (Å²) in [7, 11) is 1.56. The topological polar surface area (TPSA) is 75.0 Å². The van der Waals surface area contributed by atoms with Gasteiger partial charge in [0.05, 0.1) is 12.5 Å². The Morgan fingerprint density at radius 2 is 1.73 bits per heavy atom. The summed E-state index contributed by atoms with van der Waals surface area (Å²) >= 11 is 5.67. The van der Waals surface area contributed by atoms with E-state index in [0.717, 1.165) is 0 Å². The van der Waals surface area contributed by atoms with Crippen LogP contribution in [0.5, 0.6) is 23.0 Å². The number of methoxy groups -OCH3 is 1. The summed E-state index contributed by atoms with van der Waals surface area (Å²) in [4.78, 5) is 24.1. The molecule has 2 aromatic carbocycles. The Hall–Kier alpha value is -2.99. The normalized spacial score (nSPS) is 11.8. The quantitative estimate of drug-likeness (QED) is 0.380. The number of rotatable bonds is 5. The molecule has 0 aliphatic heterocycles. The van der Waals surface area contributed by atoms with Gasteiger partial charge in [0.15, 0.2) is 0 Å². The van der Waals surface area contributed by atoms with Crippen LogP contribution in [0.15, 0.2) is 57.9 Å². The molecule has 0 fully saturated rings. The van der Waals surface area contributed by atoms with Gasteiger partial charge in [-0.3, -0.25) is 9.59 Å². The number of esters is 1. The molecular weight excluding hydrogens is 360 g/mol. The van der Waals surface area contributed by atoms with E-state index < -0.39 is 11.3 Å². The van der Waals surface area contributed by atoms with Gasteiger partial charge in [-0.2, -0.15) is 0 Å². The fraction of sp³-hybridized carbons (Fsp3) is 0.158. The fourth-order valence-electron chi connectivity index (χ4n) is 2.19. The number of hydrogen-bond donors (Lipinski definition) is 0. The second-order valence-corrected chi connectivity index (χ2v) is 6.06. The van der Waals surface area contributed by atoms with Crippen molar-refractivity contribution in [3.05, 3.63) is 59.0 Å². The second kappa shape index (κ2) is 7.49. The van der Waals surface area contributed by atoms with Crippen LogP contribution in [-0.4, -0.2) is 18.5 Å². The highest BCUT2D eigenvalue weighted by atomic mass is 35.5. The molecule has 1 unspecified atom stereocenters. The fourth-order valence-corrected chi connectivity index (χ4v) is 2.24. The maximum absolute atomic E-state index is 12.6. The summed E-state index contributed by atoms with van der Waals surface area (Å²) in [5.41, 5.74) is -0.0738. The molecule has 0 saturated carbocycles. The Morgan fingerprint density at radius 3 is 2.38 bits per heavy atom. The van der Waals surface area contributed by atoms with Crippen LogP contribution in [0.1, 0.15) is 6.92 Å². The van der Waals surface area contributed by atoms with Gasteiger partial charge in [0.1, 0.15) is 34.5 Å². The van der Waals surface area contributed by atoms with Gasteiger partial charge in [-0.25, -0.2) is 0 Å². The Labute approximate surface area is 153 Å². The molecule has 0 N–H and O–H groups in total. The van der Waals surface area contributed by atoms with Crippen LogP contribution in [0.3, 0.4) is 0 Å². The average molecular weight is 375 g/mol. The van der Waals surface area contributed by atoms with Crippen molar-refractivity contribution >= 4 is 28.5 Å². The third-order valence-electron chi connectivity index (χ3n) is 3.54. The second-order valence-electron chi connectivity index (χ2n) is 5.40. The number of halogens is 1. The first-order valence-electron chi connectivity index (χ1n) is 7.71. The van der Waals surface area contributed by atoms with E-state index in [4.69, 9.17) is 30.2 Å². The van der Waals surface area contributed by atoms with E-state index in [-0.39, 0.29) is 22.5 Å². The standard InChI is InChI=1S/C19H15ClO6/c1-11(20)19(22)26-14-7-8-15-16(9-14)24-10-17(18(15)21)25-13-5-3-12(23-2)4-6-13/h3-11H,1-2H3. The number of carbonyl (C=O) groups is 1. The molecule has 1 heterocycles. The molecule has 0 radical (unpaired) electrons. The molecule has 0 aliphatic carbocycles. The third kappa shape index (κ3) is 3.81. The van der Waals surface area contributed by atoms with Crippen molar-refractivity contribution in [2.24, 2.45) is 0 Å². The van der Waals surface area contributed by atoms with Crippen molar-refractivity contribution in [2.75, 3.05) is 7.11 Å². The zero-order valence-electron chi connectivity index (χ0n) is 14.0. The van der Waals surface area contributed by atoms with Gasteiger partial charge < -0.3 is 18.6 Å². The molecule has 3 rings (SSSR count). The van der Waals surface area contributed by atoms with Gasteiger partial charge >= 0.3 is 5.97 Å². The smallest absolute Gasteiger partial charge is 0.329 e. The zero-order chi connectivity index (χ0) is 18.7. The number of benzene rings is 2. The summed E-state index contributed by atoms with van der Waals surface area (Å²) in [5.74, 6) is 0.840. The average Bonchev–Trinajstić information content (AvgIpc) is 2.64.